The lowest BCUT2D eigenvalue weighted by molar-refractivity contribution is 0.363. The fourth-order valence-electron chi connectivity index (χ4n) is 1.87. The van der Waals surface area contributed by atoms with Gasteiger partial charge in [-0.05, 0) is 38.1 Å². The van der Waals surface area contributed by atoms with Crippen LogP contribution in [0, 0.1) is 0 Å². The zero-order valence-electron chi connectivity index (χ0n) is 9.88. The highest BCUT2D eigenvalue weighted by atomic mass is 32.5. The Morgan fingerprint density at radius 3 is 2.21 bits per heavy atom. The van der Waals surface area contributed by atoms with Gasteiger partial charge in [-0.1, -0.05) is 19.4 Å². The quantitative estimate of drug-likeness (QED) is 0.832. The van der Waals surface area contributed by atoms with Gasteiger partial charge in [-0.3, -0.25) is 0 Å². The van der Waals surface area contributed by atoms with Gasteiger partial charge in [0.25, 0.3) is 0 Å². The molecule has 19 heavy (non-hydrogen) atoms. The van der Waals surface area contributed by atoms with Gasteiger partial charge in [-0.25, -0.2) is 4.98 Å². The molecule has 1 aliphatic rings. The third kappa shape index (κ3) is 3.93. The van der Waals surface area contributed by atoms with Gasteiger partial charge in [0.05, 0.1) is 6.20 Å². The summed E-state index contributed by atoms with van der Waals surface area (Å²) in [5.41, 5.74) is 0. The van der Waals surface area contributed by atoms with Crippen LogP contribution in [-0.4, -0.2) is 24.1 Å². The van der Waals surface area contributed by atoms with Crippen LogP contribution in [0.25, 0.3) is 0 Å². The van der Waals surface area contributed by atoms with Crippen LogP contribution in [0.15, 0.2) is 23.2 Å². The van der Waals surface area contributed by atoms with E-state index in [9.17, 15) is 19.4 Å². The molecule has 2 heterocycles. The zero-order valence-corrected chi connectivity index (χ0v) is 10.7. The summed E-state index contributed by atoms with van der Waals surface area (Å²) in [6, 6.07) is 1.41. The topological polar surface area (TPSA) is 37.0 Å². The Labute approximate surface area is 107 Å². The van der Waals surface area contributed by atoms with Gasteiger partial charge in [-0.2, -0.15) is 0 Å². The minimum absolute atomic E-state index is 0.0968. The molecule has 0 radical (unpaired) electrons. The van der Waals surface area contributed by atoms with Crippen LogP contribution < -0.4 is 10.6 Å². The largest absolute Gasteiger partial charge is 0.367 e. The van der Waals surface area contributed by atoms with Crippen molar-refractivity contribution in [3.05, 3.63) is 18.3 Å². The Hall–Kier alpha value is -1.09. The van der Waals surface area contributed by atoms with Gasteiger partial charge >= 0.3 is 10.2 Å². The second-order valence-corrected chi connectivity index (χ2v) is 6.93. The van der Waals surface area contributed by atoms with Crippen LogP contribution in [0.5, 0.6) is 0 Å². The highest BCUT2D eigenvalue weighted by Crippen LogP contribution is 3.02. The molecular weight excluding hydrogens is 289 g/mol. The normalized spacial score (nSPS) is 21.5. The van der Waals surface area contributed by atoms with Gasteiger partial charge in [0.1, 0.15) is 10.7 Å². The lowest BCUT2D eigenvalue weighted by Gasteiger charge is -2.40. The fourth-order valence-corrected chi connectivity index (χ4v) is 2.45. The van der Waals surface area contributed by atoms with E-state index >= 15 is 0 Å². The molecule has 1 aliphatic heterocycles. The van der Waals surface area contributed by atoms with Crippen LogP contribution >= 0.6 is 10.2 Å². The number of hydrogen-bond acceptors (Lipinski definition) is 3. The lowest BCUT2D eigenvalue weighted by atomic mass is 10.1. The first-order valence-corrected chi connectivity index (χ1v) is 7.67. The van der Waals surface area contributed by atoms with E-state index in [4.69, 9.17) is 0 Å². The van der Waals surface area contributed by atoms with Crippen molar-refractivity contribution >= 4 is 16.0 Å². The fraction of sp³-hybridized carbons (Fsp3) is 0.500. The Bertz CT molecular complexity index is 452. The highest BCUT2D eigenvalue weighted by Gasteiger charge is 2.65. The highest BCUT2D eigenvalue weighted by molar-refractivity contribution is 8.45. The van der Waals surface area contributed by atoms with Crippen molar-refractivity contribution in [3.8, 4) is 0 Å². The first-order valence-electron chi connectivity index (χ1n) is 5.72. The molecule has 0 aromatic carbocycles. The van der Waals surface area contributed by atoms with E-state index in [1.165, 1.54) is 0 Å². The number of aromatic nitrogens is 1. The van der Waals surface area contributed by atoms with Gasteiger partial charge in [0.15, 0.2) is 0 Å². The molecule has 0 atom stereocenters. The molecule has 0 bridgehead atoms. The Balaban J connectivity index is 2.11. The van der Waals surface area contributed by atoms with Gasteiger partial charge in [0, 0.05) is 6.04 Å². The summed E-state index contributed by atoms with van der Waals surface area (Å²) >= 11 is 0. The number of nitrogens with one attached hydrogen (secondary N) is 2. The Kier molecular flexibility index (Phi) is 2.98. The summed E-state index contributed by atoms with van der Waals surface area (Å²) in [7, 11) is -9.61. The van der Waals surface area contributed by atoms with Crippen LogP contribution in [0.3, 0.4) is 0 Å². The SMILES string of the molecule is FS(F)(F)(F)(F)c1ccc(NC2CCNCC2)nc1. The van der Waals surface area contributed by atoms with Crippen molar-refractivity contribution < 1.29 is 19.4 Å². The summed E-state index contributed by atoms with van der Waals surface area (Å²) in [4.78, 5) is 1.47. The van der Waals surface area contributed by atoms with E-state index < -0.39 is 15.1 Å². The number of rotatable bonds is 3. The van der Waals surface area contributed by atoms with E-state index in [2.05, 4.69) is 15.6 Å². The third-order valence-corrected chi connectivity index (χ3v) is 4.01. The molecule has 110 valence electrons. The minimum Gasteiger partial charge on any atom is -0.367 e. The summed E-state index contributed by atoms with van der Waals surface area (Å²) < 4.78 is 62.3. The smallest absolute Gasteiger partial charge is 0.311 e. The van der Waals surface area contributed by atoms with Crippen LogP contribution in [-0.2, 0) is 0 Å². The molecule has 0 saturated carbocycles. The standard InChI is InChI=1S/C10H14F5N3S/c11-19(12,13,14,15)9-1-2-10(17-7-9)18-8-3-5-16-6-4-8/h1-2,7-8,16H,3-6H2,(H,17,18). The molecule has 0 amide bonds. The zero-order chi connectivity index (χ0) is 14.2. The second kappa shape index (κ2) is 3.95. The number of halogens is 5. The summed E-state index contributed by atoms with van der Waals surface area (Å²) in [5, 5.41) is 6.07. The van der Waals surface area contributed by atoms with Crippen molar-refractivity contribution in [2.24, 2.45) is 0 Å². The van der Waals surface area contributed by atoms with E-state index in [0.717, 1.165) is 32.0 Å². The van der Waals surface area contributed by atoms with Gasteiger partial charge in [-0.15, -0.1) is 0 Å². The summed E-state index contributed by atoms with van der Waals surface area (Å²) in [6.45, 7) is 1.61. The number of pyridine rings is 1. The molecule has 1 aromatic heterocycles. The molecular formula is C10H14F5N3S. The maximum Gasteiger partial charge on any atom is 0.311 e. The number of piperidine rings is 1. The predicted octanol–water partition coefficient (Wildman–Crippen LogP) is 3.90. The number of nitrogens with zero attached hydrogens (tertiary/aromatic N) is 1. The van der Waals surface area contributed by atoms with Crippen LogP contribution in [0.4, 0.5) is 25.2 Å². The average molecular weight is 303 g/mol. The van der Waals surface area contributed by atoms with E-state index in [-0.39, 0.29) is 18.1 Å². The van der Waals surface area contributed by atoms with Crippen LogP contribution in [0.2, 0.25) is 0 Å². The third-order valence-electron chi connectivity index (χ3n) is 2.87. The number of hydrogen-bond donors (Lipinski definition) is 2. The lowest BCUT2D eigenvalue weighted by Crippen LogP contribution is -2.35. The molecule has 0 aliphatic carbocycles. The average Bonchev–Trinajstić information content (AvgIpc) is 2.28. The van der Waals surface area contributed by atoms with Crippen molar-refractivity contribution in [2.75, 3.05) is 18.4 Å². The van der Waals surface area contributed by atoms with Crippen LogP contribution in [0.1, 0.15) is 12.8 Å². The molecule has 9 heteroatoms. The van der Waals surface area contributed by atoms with E-state index in [0.29, 0.717) is 6.07 Å². The summed E-state index contributed by atoms with van der Waals surface area (Å²) in [5.74, 6) is 0.178. The molecule has 0 unspecified atom stereocenters. The second-order valence-electron chi connectivity index (χ2n) is 4.52. The van der Waals surface area contributed by atoms with Gasteiger partial charge < -0.3 is 10.6 Å². The monoisotopic (exact) mass is 303 g/mol. The maximum atomic E-state index is 12.5. The Morgan fingerprint density at radius 1 is 1.11 bits per heavy atom. The van der Waals surface area contributed by atoms with Crippen molar-refractivity contribution in [1.29, 1.82) is 0 Å². The van der Waals surface area contributed by atoms with E-state index in [1.807, 2.05) is 0 Å². The Morgan fingerprint density at radius 2 is 1.74 bits per heavy atom. The van der Waals surface area contributed by atoms with Crippen molar-refractivity contribution in [2.45, 2.75) is 23.8 Å². The van der Waals surface area contributed by atoms with Gasteiger partial charge in [0.2, 0.25) is 0 Å². The minimum atomic E-state index is -9.61. The molecule has 1 fully saturated rings. The predicted molar refractivity (Wildman–Crippen MR) is 65.1 cm³/mol. The molecule has 0 spiro atoms. The molecule has 1 aromatic rings. The molecule has 2 rings (SSSR count). The molecule has 1 saturated heterocycles. The first-order chi connectivity index (χ1) is 8.54. The molecule has 2 N–H and O–H groups in total. The number of anilines is 1. The van der Waals surface area contributed by atoms with Crippen molar-refractivity contribution in [1.82, 2.24) is 10.3 Å². The van der Waals surface area contributed by atoms with Crippen molar-refractivity contribution in [3.63, 3.8) is 0 Å². The summed E-state index contributed by atoms with van der Waals surface area (Å²) in [6.07, 6.45) is 1.81. The molecule has 3 nitrogen and oxygen atoms in total. The first kappa shape index (κ1) is 14.3. The van der Waals surface area contributed by atoms with E-state index in [1.54, 1.807) is 0 Å². The maximum absolute atomic E-state index is 12.5.